The molecule has 2 aromatic rings. The standard InChI is InChI=1S/C16H16N2O3S/c1-10-16(20)18(2)13-6-5-11(8-14(13)21-10)17-15(19)9-12-4-3-7-22-12/h3-8,10H,9H2,1-2H3,(H,17,19). The number of anilines is 2. The predicted molar refractivity (Wildman–Crippen MR) is 86.6 cm³/mol. The molecule has 0 spiro atoms. The number of nitrogens with one attached hydrogen (secondary N) is 1. The lowest BCUT2D eigenvalue weighted by atomic mass is 10.2. The smallest absolute Gasteiger partial charge is 0.267 e. The number of nitrogens with zero attached hydrogens (tertiary/aromatic N) is 1. The van der Waals surface area contributed by atoms with E-state index < -0.39 is 6.10 Å². The second-order valence-electron chi connectivity index (χ2n) is 5.14. The van der Waals surface area contributed by atoms with E-state index in [0.717, 1.165) is 4.88 Å². The van der Waals surface area contributed by atoms with Gasteiger partial charge in [-0.2, -0.15) is 0 Å². The molecule has 2 heterocycles. The normalized spacial score (nSPS) is 16.9. The summed E-state index contributed by atoms with van der Waals surface area (Å²) in [5.41, 5.74) is 1.37. The number of amides is 2. The summed E-state index contributed by atoms with van der Waals surface area (Å²) in [5.74, 6) is 0.446. The highest BCUT2D eigenvalue weighted by molar-refractivity contribution is 7.10. The molecule has 1 unspecified atom stereocenters. The molecular weight excluding hydrogens is 300 g/mol. The molecule has 114 valence electrons. The highest BCUT2D eigenvalue weighted by Gasteiger charge is 2.28. The molecule has 6 heteroatoms. The molecule has 1 aliphatic heterocycles. The van der Waals surface area contributed by atoms with Gasteiger partial charge in [-0.3, -0.25) is 9.59 Å². The average Bonchev–Trinajstić information content (AvgIpc) is 2.97. The number of ether oxygens (including phenoxy) is 1. The predicted octanol–water partition coefficient (Wildman–Crippen LogP) is 2.67. The summed E-state index contributed by atoms with van der Waals surface area (Å²) in [6, 6.07) is 9.16. The van der Waals surface area contributed by atoms with Gasteiger partial charge in [-0.15, -0.1) is 11.3 Å². The first-order valence-corrected chi connectivity index (χ1v) is 7.83. The van der Waals surface area contributed by atoms with Crippen LogP contribution < -0.4 is 15.0 Å². The number of hydrogen-bond acceptors (Lipinski definition) is 4. The third-order valence-corrected chi connectivity index (χ3v) is 4.38. The van der Waals surface area contributed by atoms with Crippen molar-refractivity contribution in [3.63, 3.8) is 0 Å². The summed E-state index contributed by atoms with van der Waals surface area (Å²) >= 11 is 1.56. The van der Waals surface area contributed by atoms with Gasteiger partial charge in [0.15, 0.2) is 6.10 Å². The molecule has 0 fully saturated rings. The van der Waals surface area contributed by atoms with Crippen molar-refractivity contribution in [2.45, 2.75) is 19.4 Å². The Morgan fingerprint density at radius 2 is 2.23 bits per heavy atom. The third kappa shape index (κ3) is 2.82. The van der Waals surface area contributed by atoms with Crippen molar-refractivity contribution < 1.29 is 14.3 Å². The number of benzene rings is 1. The van der Waals surface area contributed by atoms with Crippen LogP contribution in [0.25, 0.3) is 0 Å². The minimum absolute atomic E-state index is 0.0734. The number of carbonyl (C=O) groups excluding carboxylic acids is 2. The Morgan fingerprint density at radius 1 is 1.41 bits per heavy atom. The summed E-state index contributed by atoms with van der Waals surface area (Å²) in [4.78, 5) is 26.5. The molecule has 0 radical (unpaired) electrons. The van der Waals surface area contributed by atoms with E-state index >= 15 is 0 Å². The van der Waals surface area contributed by atoms with Crippen LogP contribution in [0.4, 0.5) is 11.4 Å². The minimum Gasteiger partial charge on any atom is -0.479 e. The molecule has 1 N–H and O–H groups in total. The molecule has 1 aromatic carbocycles. The van der Waals surface area contributed by atoms with Crippen molar-refractivity contribution in [3.05, 3.63) is 40.6 Å². The second-order valence-corrected chi connectivity index (χ2v) is 6.18. The van der Waals surface area contributed by atoms with Gasteiger partial charge in [0.1, 0.15) is 5.75 Å². The number of thiophene rings is 1. The van der Waals surface area contributed by atoms with Gasteiger partial charge in [0.2, 0.25) is 5.91 Å². The summed E-state index contributed by atoms with van der Waals surface area (Å²) < 4.78 is 5.60. The largest absolute Gasteiger partial charge is 0.479 e. The van der Waals surface area contributed by atoms with E-state index in [1.54, 1.807) is 48.4 Å². The molecule has 0 aliphatic carbocycles. The number of rotatable bonds is 3. The van der Waals surface area contributed by atoms with Crippen LogP contribution in [0.3, 0.4) is 0 Å². The van der Waals surface area contributed by atoms with Gasteiger partial charge in [0.05, 0.1) is 12.1 Å². The molecule has 22 heavy (non-hydrogen) atoms. The number of likely N-dealkylation sites (N-methyl/N-ethyl adjacent to an activating group) is 1. The quantitative estimate of drug-likeness (QED) is 0.947. The van der Waals surface area contributed by atoms with Crippen molar-refractivity contribution in [1.82, 2.24) is 0 Å². The molecule has 1 atom stereocenters. The zero-order chi connectivity index (χ0) is 15.7. The van der Waals surface area contributed by atoms with Crippen molar-refractivity contribution >= 4 is 34.5 Å². The SMILES string of the molecule is CC1Oc2cc(NC(=O)Cc3cccs3)ccc2N(C)C1=O. The molecular formula is C16H16N2O3S. The van der Waals surface area contributed by atoms with Gasteiger partial charge in [0.25, 0.3) is 5.91 Å². The zero-order valence-electron chi connectivity index (χ0n) is 12.3. The van der Waals surface area contributed by atoms with Crippen LogP contribution in [0.15, 0.2) is 35.7 Å². The van der Waals surface area contributed by atoms with Crippen molar-refractivity contribution in [2.75, 3.05) is 17.3 Å². The first-order valence-electron chi connectivity index (χ1n) is 6.95. The molecule has 3 rings (SSSR count). The van der Waals surface area contributed by atoms with E-state index in [9.17, 15) is 9.59 Å². The molecule has 1 aliphatic rings. The molecule has 2 amide bonds. The molecule has 5 nitrogen and oxygen atoms in total. The Balaban J connectivity index is 1.75. The van der Waals surface area contributed by atoms with E-state index in [-0.39, 0.29) is 11.8 Å². The Bertz CT molecular complexity index is 712. The lowest BCUT2D eigenvalue weighted by molar-refractivity contribution is -0.125. The van der Waals surface area contributed by atoms with Crippen molar-refractivity contribution in [1.29, 1.82) is 0 Å². The Kier molecular flexibility index (Phi) is 3.85. The van der Waals surface area contributed by atoms with E-state index in [1.165, 1.54) is 0 Å². The molecule has 0 saturated heterocycles. The van der Waals surface area contributed by atoms with Crippen LogP contribution in [0.1, 0.15) is 11.8 Å². The number of fused-ring (bicyclic) bond motifs is 1. The Morgan fingerprint density at radius 3 is 2.95 bits per heavy atom. The number of hydrogen-bond donors (Lipinski definition) is 1. The fourth-order valence-electron chi connectivity index (χ4n) is 2.37. The summed E-state index contributed by atoms with van der Waals surface area (Å²) in [6.07, 6.45) is -0.167. The third-order valence-electron chi connectivity index (χ3n) is 3.50. The van der Waals surface area contributed by atoms with Crippen LogP contribution in [-0.4, -0.2) is 25.0 Å². The average molecular weight is 316 g/mol. The molecule has 0 bridgehead atoms. The van der Waals surface area contributed by atoms with Crippen molar-refractivity contribution in [2.24, 2.45) is 0 Å². The van der Waals surface area contributed by atoms with Crippen LogP contribution in [0.5, 0.6) is 5.75 Å². The lowest BCUT2D eigenvalue weighted by Crippen LogP contribution is -2.41. The zero-order valence-corrected chi connectivity index (χ0v) is 13.1. The van der Waals surface area contributed by atoms with Gasteiger partial charge in [-0.25, -0.2) is 0 Å². The summed E-state index contributed by atoms with van der Waals surface area (Å²) in [5, 5.41) is 4.80. The topological polar surface area (TPSA) is 58.6 Å². The van der Waals surface area contributed by atoms with Gasteiger partial charge in [0, 0.05) is 23.7 Å². The van der Waals surface area contributed by atoms with E-state index in [1.807, 2.05) is 17.5 Å². The highest BCUT2D eigenvalue weighted by atomic mass is 32.1. The van der Waals surface area contributed by atoms with E-state index in [4.69, 9.17) is 4.74 Å². The Hall–Kier alpha value is -2.34. The van der Waals surface area contributed by atoms with Crippen LogP contribution in [0.2, 0.25) is 0 Å². The maximum absolute atomic E-state index is 12.0. The summed E-state index contributed by atoms with van der Waals surface area (Å²) in [6.45, 7) is 1.71. The molecule has 0 saturated carbocycles. The van der Waals surface area contributed by atoms with E-state index in [2.05, 4.69) is 5.32 Å². The Labute approximate surface area is 132 Å². The lowest BCUT2D eigenvalue weighted by Gasteiger charge is -2.30. The van der Waals surface area contributed by atoms with Gasteiger partial charge in [-0.05, 0) is 30.5 Å². The highest BCUT2D eigenvalue weighted by Crippen LogP contribution is 2.35. The van der Waals surface area contributed by atoms with Gasteiger partial charge >= 0.3 is 0 Å². The second kappa shape index (κ2) is 5.81. The van der Waals surface area contributed by atoms with Crippen LogP contribution >= 0.6 is 11.3 Å². The molecule has 1 aromatic heterocycles. The van der Waals surface area contributed by atoms with Gasteiger partial charge < -0.3 is 15.0 Å². The maximum atomic E-state index is 12.0. The fourth-order valence-corrected chi connectivity index (χ4v) is 3.08. The first kappa shape index (κ1) is 14.6. The fraction of sp³-hybridized carbons (Fsp3) is 0.250. The monoisotopic (exact) mass is 316 g/mol. The van der Waals surface area contributed by atoms with Crippen LogP contribution in [-0.2, 0) is 16.0 Å². The van der Waals surface area contributed by atoms with Crippen LogP contribution in [0, 0.1) is 0 Å². The maximum Gasteiger partial charge on any atom is 0.267 e. The van der Waals surface area contributed by atoms with Crippen molar-refractivity contribution in [3.8, 4) is 5.75 Å². The van der Waals surface area contributed by atoms with E-state index in [0.29, 0.717) is 23.5 Å². The minimum atomic E-state index is -0.519. The number of carbonyl (C=O) groups is 2. The van der Waals surface area contributed by atoms with Gasteiger partial charge in [-0.1, -0.05) is 6.07 Å². The first-order chi connectivity index (χ1) is 10.5. The summed E-state index contributed by atoms with van der Waals surface area (Å²) in [7, 11) is 1.72.